The molecule has 1 aromatic rings. The Hall–Kier alpha value is -1.60. The average Bonchev–Trinajstić information content (AvgIpc) is 2.30. The van der Waals surface area contributed by atoms with Crippen LogP contribution in [0.2, 0.25) is 0 Å². The van der Waals surface area contributed by atoms with E-state index in [4.69, 9.17) is 10.2 Å². The first-order chi connectivity index (χ1) is 8.85. The summed E-state index contributed by atoms with van der Waals surface area (Å²) < 4.78 is 0.705. The summed E-state index contributed by atoms with van der Waals surface area (Å²) >= 11 is 3.33. The van der Waals surface area contributed by atoms with E-state index in [-0.39, 0.29) is 0 Å². The average molecular weight is 331 g/mol. The molecule has 7 heteroatoms. The number of aliphatic hydroxyl groups is 1. The number of aliphatic hydroxyl groups excluding tert-OH is 1. The largest absolute Gasteiger partial charge is 0.480 e. The number of carbonyl (C=O) groups excluding carboxylic acids is 1. The van der Waals surface area contributed by atoms with E-state index in [9.17, 15) is 9.59 Å². The third-order valence-corrected chi connectivity index (χ3v) is 3.08. The van der Waals surface area contributed by atoms with E-state index in [1.807, 2.05) is 26.0 Å². The Labute approximate surface area is 118 Å². The van der Waals surface area contributed by atoms with Crippen LogP contribution in [0.4, 0.5) is 10.5 Å². The molecule has 4 N–H and O–H groups in total. The second kappa shape index (κ2) is 6.53. The molecule has 1 unspecified atom stereocenters. The van der Waals surface area contributed by atoms with Gasteiger partial charge in [-0.1, -0.05) is 6.07 Å². The standard InChI is InChI=1S/C12H15BrN2O4/c1-6-3-7(2)10(8(13)4-6)15-12(19)14-9(5-16)11(17)18/h3-4,9,16H,5H2,1-2H3,(H,17,18)(H2,14,15,19). The van der Waals surface area contributed by atoms with Gasteiger partial charge in [-0.15, -0.1) is 0 Å². The van der Waals surface area contributed by atoms with Crippen LogP contribution in [0, 0.1) is 13.8 Å². The molecule has 1 atom stereocenters. The second-order valence-electron chi connectivity index (χ2n) is 4.11. The van der Waals surface area contributed by atoms with Crippen molar-refractivity contribution in [2.24, 2.45) is 0 Å². The molecule has 0 fully saturated rings. The minimum absolute atomic E-state index is 0.560. The van der Waals surface area contributed by atoms with Crippen molar-refractivity contribution in [2.45, 2.75) is 19.9 Å². The van der Waals surface area contributed by atoms with Gasteiger partial charge in [-0.3, -0.25) is 0 Å². The Morgan fingerprint density at radius 2 is 2.00 bits per heavy atom. The molecular formula is C12H15BrN2O4. The van der Waals surface area contributed by atoms with Crippen LogP contribution < -0.4 is 10.6 Å². The fourth-order valence-electron chi connectivity index (χ4n) is 1.57. The van der Waals surface area contributed by atoms with Gasteiger partial charge < -0.3 is 20.8 Å². The number of amides is 2. The molecule has 0 bridgehead atoms. The number of carboxylic acids is 1. The molecule has 0 aromatic heterocycles. The molecule has 6 nitrogen and oxygen atoms in total. The third-order valence-electron chi connectivity index (χ3n) is 2.46. The van der Waals surface area contributed by atoms with Gasteiger partial charge in [0.05, 0.1) is 12.3 Å². The number of benzene rings is 1. The topological polar surface area (TPSA) is 98.7 Å². The van der Waals surface area contributed by atoms with Crippen LogP contribution in [0.5, 0.6) is 0 Å². The summed E-state index contributed by atoms with van der Waals surface area (Å²) in [5, 5.41) is 22.3. The van der Waals surface area contributed by atoms with E-state index in [0.29, 0.717) is 10.2 Å². The van der Waals surface area contributed by atoms with Crippen molar-refractivity contribution >= 4 is 33.6 Å². The number of hydrogen-bond donors (Lipinski definition) is 4. The summed E-state index contributed by atoms with van der Waals surface area (Å²) in [6, 6.07) is 1.71. The van der Waals surface area contributed by atoms with Crippen LogP contribution in [-0.4, -0.2) is 34.9 Å². The predicted octanol–water partition coefficient (Wildman–Crippen LogP) is 1.63. The highest BCUT2D eigenvalue weighted by molar-refractivity contribution is 9.10. The van der Waals surface area contributed by atoms with Gasteiger partial charge >= 0.3 is 12.0 Å². The number of urea groups is 1. The smallest absolute Gasteiger partial charge is 0.328 e. The summed E-state index contributed by atoms with van der Waals surface area (Å²) in [6.45, 7) is 3.08. The maximum atomic E-state index is 11.7. The number of aliphatic carboxylic acids is 1. The van der Waals surface area contributed by atoms with Crippen molar-refractivity contribution in [1.29, 1.82) is 0 Å². The summed E-state index contributed by atoms with van der Waals surface area (Å²) in [6.07, 6.45) is 0. The Morgan fingerprint density at radius 1 is 1.37 bits per heavy atom. The lowest BCUT2D eigenvalue weighted by Gasteiger charge is -2.15. The van der Waals surface area contributed by atoms with Gasteiger partial charge in [0, 0.05) is 4.47 Å². The van der Waals surface area contributed by atoms with Gasteiger partial charge in [-0.05, 0) is 47.0 Å². The first-order valence-electron chi connectivity index (χ1n) is 5.53. The van der Waals surface area contributed by atoms with Crippen LogP contribution in [0.3, 0.4) is 0 Å². The molecule has 0 aliphatic heterocycles. The summed E-state index contributed by atoms with van der Waals surface area (Å²) in [5.41, 5.74) is 2.44. The number of rotatable bonds is 4. The highest BCUT2D eigenvalue weighted by Crippen LogP contribution is 2.27. The first-order valence-corrected chi connectivity index (χ1v) is 6.32. The fraction of sp³-hybridized carbons (Fsp3) is 0.333. The lowest BCUT2D eigenvalue weighted by atomic mass is 10.1. The number of carboxylic acid groups (broad SMARTS) is 1. The summed E-state index contributed by atoms with van der Waals surface area (Å²) in [5.74, 6) is -1.29. The SMILES string of the molecule is Cc1cc(C)c(NC(=O)NC(CO)C(=O)O)c(Br)c1. The quantitative estimate of drug-likeness (QED) is 0.674. The van der Waals surface area contributed by atoms with Crippen molar-refractivity contribution < 1.29 is 19.8 Å². The predicted molar refractivity (Wildman–Crippen MR) is 74.3 cm³/mol. The highest BCUT2D eigenvalue weighted by Gasteiger charge is 2.19. The molecular weight excluding hydrogens is 316 g/mol. The molecule has 104 valence electrons. The number of hydrogen-bond acceptors (Lipinski definition) is 3. The van der Waals surface area contributed by atoms with E-state index < -0.39 is 24.6 Å². The van der Waals surface area contributed by atoms with Crippen molar-refractivity contribution in [1.82, 2.24) is 5.32 Å². The second-order valence-corrected chi connectivity index (χ2v) is 4.96. The van der Waals surface area contributed by atoms with Gasteiger partial charge in [-0.25, -0.2) is 9.59 Å². The zero-order valence-corrected chi connectivity index (χ0v) is 12.1. The molecule has 0 radical (unpaired) electrons. The van der Waals surface area contributed by atoms with Gasteiger partial charge in [0.25, 0.3) is 0 Å². The van der Waals surface area contributed by atoms with Crippen LogP contribution in [0.25, 0.3) is 0 Å². The Balaban J connectivity index is 2.80. The molecule has 2 amide bonds. The van der Waals surface area contributed by atoms with Gasteiger partial charge in [-0.2, -0.15) is 0 Å². The van der Waals surface area contributed by atoms with Crippen LogP contribution >= 0.6 is 15.9 Å². The van der Waals surface area contributed by atoms with Crippen molar-refractivity contribution in [2.75, 3.05) is 11.9 Å². The van der Waals surface area contributed by atoms with E-state index in [0.717, 1.165) is 11.1 Å². The molecule has 0 aliphatic carbocycles. The molecule has 1 rings (SSSR count). The molecule has 0 heterocycles. The third kappa shape index (κ3) is 4.22. The van der Waals surface area contributed by atoms with E-state index in [2.05, 4.69) is 26.6 Å². The molecule has 0 saturated heterocycles. The molecule has 1 aromatic carbocycles. The molecule has 0 spiro atoms. The number of carbonyl (C=O) groups is 2. The molecule has 0 aliphatic rings. The zero-order chi connectivity index (χ0) is 14.6. The molecule has 19 heavy (non-hydrogen) atoms. The van der Waals surface area contributed by atoms with Gasteiger partial charge in [0.1, 0.15) is 0 Å². The van der Waals surface area contributed by atoms with Crippen molar-refractivity contribution in [3.05, 3.63) is 27.7 Å². The maximum absolute atomic E-state index is 11.7. The fourth-order valence-corrected chi connectivity index (χ4v) is 2.34. The number of halogens is 1. The zero-order valence-electron chi connectivity index (χ0n) is 10.5. The normalized spacial score (nSPS) is 11.8. The number of nitrogens with one attached hydrogen (secondary N) is 2. The van der Waals surface area contributed by atoms with Crippen molar-refractivity contribution in [3.8, 4) is 0 Å². The van der Waals surface area contributed by atoms with Crippen LogP contribution in [-0.2, 0) is 4.79 Å². The maximum Gasteiger partial charge on any atom is 0.328 e. The van der Waals surface area contributed by atoms with E-state index >= 15 is 0 Å². The minimum Gasteiger partial charge on any atom is -0.480 e. The highest BCUT2D eigenvalue weighted by atomic mass is 79.9. The first kappa shape index (κ1) is 15.5. The summed E-state index contributed by atoms with van der Waals surface area (Å²) in [4.78, 5) is 22.3. The van der Waals surface area contributed by atoms with Gasteiger partial charge in [0.15, 0.2) is 6.04 Å². The lowest BCUT2D eigenvalue weighted by Crippen LogP contribution is -2.45. The van der Waals surface area contributed by atoms with E-state index in [1.54, 1.807) is 0 Å². The van der Waals surface area contributed by atoms with Gasteiger partial charge in [0.2, 0.25) is 0 Å². The number of aryl methyl sites for hydroxylation is 2. The lowest BCUT2D eigenvalue weighted by molar-refractivity contribution is -0.140. The Bertz CT molecular complexity index is 481. The van der Waals surface area contributed by atoms with Crippen LogP contribution in [0.1, 0.15) is 11.1 Å². The monoisotopic (exact) mass is 330 g/mol. The Kier molecular flexibility index (Phi) is 5.31. The minimum atomic E-state index is -1.33. The van der Waals surface area contributed by atoms with Crippen LogP contribution in [0.15, 0.2) is 16.6 Å². The van der Waals surface area contributed by atoms with E-state index in [1.165, 1.54) is 0 Å². The Morgan fingerprint density at radius 3 is 2.47 bits per heavy atom. The van der Waals surface area contributed by atoms with Crippen molar-refractivity contribution in [3.63, 3.8) is 0 Å². The molecule has 0 saturated carbocycles. The summed E-state index contributed by atoms with van der Waals surface area (Å²) in [7, 11) is 0. The number of anilines is 1.